The number of nitrogens with zero attached hydrogens (tertiary/aromatic N) is 3. The first-order valence-electron chi connectivity index (χ1n) is 4.07. The van der Waals surface area contributed by atoms with E-state index in [0.717, 1.165) is 7.11 Å². The van der Waals surface area contributed by atoms with Gasteiger partial charge in [0.25, 0.3) is 0 Å². The SMILES string of the molecule is [2H]C([2H])([2H])n1nc(Br)nc1C(=O)OC. The lowest BCUT2D eigenvalue weighted by molar-refractivity contribution is 0.0581. The number of hydrogen-bond acceptors (Lipinski definition) is 4. The fourth-order valence-corrected chi connectivity index (χ4v) is 0.837. The maximum absolute atomic E-state index is 11.1. The highest BCUT2D eigenvalue weighted by Crippen LogP contribution is 2.03. The molecule has 0 bridgehead atoms. The summed E-state index contributed by atoms with van der Waals surface area (Å²) in [6, 6.07) is 0. The Bertz CT molecular complexity index is 362. The third-order valence-electron chi connectivity index (χ3n) is 0.949. The second kappa shape index (κ2) is 3.00. The predicted octanol–water partition coefficient (Wildman–Crippen LogP) is 0.364. The molecule has 0 spiro atoms. The summed E-state index contributed by atoms with van der Waals surface area (Å²) < 4.78 is 26.1. The van der Waals surface area contributed by atoms with E-state index in [0.29, 0.717) is 4.68 Å². The summed E-state index contributed by atoms with van der Waals surface area (Å²) in [7, 11) is 1.13. The van der Waals surface area contributed by atoms with Crippen LogP contribution in [-0.2, 0) is 11.7 Å². The van der Waals surface area contributed by atoms with Crippen LogP contribution in [-0.4, -0.2) is 27.8 Å². The van der Waals surface area contributed by atoms with Crippen molar-refractivity contribution in [3.63, 3.8) is 0 Å². The Morgan fingerprint density at radius 2 is 2.64 bits per heavy atom. The maximum Gasteiger partial charge on any atom is 0.375 e. The van der Waals surface area contributed by atoms with Crippen LogP contribution < -0.4 is 0 Å². The minimum atomic E-state index is -2.55. The Kier molecular flexibility index (Phi) is 1.33. The molecule has 1 aromatic rings. The van der Waals surface area contributed by atoms with Gasteiger partial charge in [-0.2, -0.15) is 4.98 Å². The van der Waals surface area contributed by atoms with Crippen LogP contribution >= 0.6 is 15.9 Å². The van der Waals surface area contributed by atoms with Gasteiger partial charge in [-0.15, -0.1) is 5.10 Å². The molecule has 0 fully saturated rings. The van der Waals surface area contributed by atoms with Crippen LogP contribution in [0.5, 0.6) is 0 Å². The zero-order chi connectivity index (χ0) is 10.9. The first-order valence-corrected chi connectivity index (χ1v) is 3.37. The van der Waals surface area contributed by atoms with E-state index in [2.05, 4.69) is 30.7 Å². The van der Waals surface area contributed by atoms with E-state index in [-0.39, 0.29) is 10.6 Å². The summed E-state index contributed by atoms with van der Waals surface area (Å²) in [6.07, 6.45) is 0. The van der Waals surface area contributed by atoms with Gasteiger partial charge in [-0.25, -0.2) is 9.48 Å². The van der Waals surface area contributed by atoms with Gasteiger partial charge in [0.15, 0.2) is 0 Å². The Morgan fingerprint density at radius 3 is 3.18 bits per heavy atom. The molecule has 60 valence electrons. The van der Waals surface area contributed by atoms with E-state index in [1.807, 2.05) is 0 Å². The number of carbonyl (C=O) groups excluding carboxylic acids is 1. The molecule has 0 aliphatic heterocycles. The Hall–Kier alpha value is -0.910. The molecule has 5 nitrogen and oxygen atoms in total. The van der Waals surface area contributed by atoms with Crippen molar-refractivity contribution in [1.82, 2.24) is 14.8 Å². The van der Waals surface area contributed by atoms with Gasteiger partial charge in [0.2, 0.25) is 10.6 Å². The number of halogens is 1. The highest BCUT2D eigenvalue weighted by molar-refractivity contribution is 9.10. The summed E-state index contributed by atoms with van der Waals surface area (Å²) >= 11 is 2.87. The molecule has 6 heteroatoms. The van der Waals surface area contributed by atoms with E-state index < -0.39 is 12.9 Å². The number of ether oxygens (including phenoxy) is 1. The van der Waals surface area contributed by atoms with Gasteiger partial charge < -0.3 is 4.74 Å². The van der Waals surface area contributed by atoms with Crippen LogP contribution in [0.25, 0.3) is 0 Å². The van der Waals surface area contributed by atoms with Gasteiger partial charge in [-0.05, 0) is 15.9 Å². The summed E-state index contributed by atoms with van der Waals surface area (Å²) in [5, 5.41) is 3.51. The highest BCUT2D eigenvalue weighted by atomic mass is 79.9. The van der Waals surface area contributed by atoms with Gasteiger partial charge in [0, 0.05) is 11.1 Å². The summed E-state index contributed by atoms with van der Waals surface area (Å²) in [5.74, 6) is -1.21. The van der Waals surface area contributed by atoms with Crippen molar-refractivity contribution < 1.29 is 13.6 Å². The molecule has 0 N–H and O–H groups in total. The minimum absolute atomic E-state index is 0.0222. The Balaban J connectivity index is 3.23. The minimum Gasteiger partial charge on any atom is -0.463 e. The van der Waals surface area contributed by atoms with Crippen LogP contribution in [0.1, 0.15) is 14.7 Å². The highest BCUT2D eigenvalue weighted by Gasteiger charge is 2.13. The van der Waals surface area contributed by atoms with Gasteiger partial charge >= 0.3 is 5.97 Å². The molecule has 1 heterocycles. The maximum atomic E-state index is 11.1. The normalized spacial score (nSPS) is 14.9. The summed E-state index contributed by atoms with van der Waals surface area (Å²) in [4.78, 5) is 14.7. The van der Waals surface area contributed by atoms with E-state index in [9.17, 15) is 4.79 Å². The molecule has 0 aliphatic carbocycles. The van der Waals surface area contributed by atoms with Crippen molar-refractivity contribution in [3.8, 4) is 0 Å². The van der Waals surface area contributed by atoms with Crippen LogP contribution in [0.3, 0.4) is 0 Å². The van der Waals surface area contributed by atoms with Crippen LogP contribution in [0, 0.1) is 0 Å². The number of hydrogen-bond donors (Lipinski definition) is 0. The Labute approximate surface area is 75.7 Å². The third-order valence-corrected chi connectivity index (χ3v) is 1.29. The molecule has 1 aromatic heterocycles. The number of methoxy groups -OCH3 is 1. The van der Waals surface area contributed by atoms with E-state index >= 15 is 0 Å². The average Bonchev–Trinajstić information content (AvgIpc) is 2.45. The second-order valence-electron chi connectivity index (χ2n) is 1.61. The van der Waals surface area contributed by atoms with Gasteiger partial charge in [-0.1, -0.05) is 0 Å². The number of carbonyl (C=O) groups is 1. The van der Waals surface area contributed by atoms with Crippen molar-refractivity contribution in [2.75, 3.05) is 7.11 Å². The molecule has 0 aliphatic rings. The standard InChI is InChI=1S/C5H6BrN3O2/c1-9-3(4(10)11-2)7-5(6)8-9/h1-2H3/i1D3. The van der Waals surface area contributed by atoms with Crippen LogP contribution in [0.4, 0.5) is 0 Å². The first-order chi connectivity index (χ1) is 6.36. The molecular weight excluding hydrogens is 214 g/mol. The zero-order valence-corrected chi connectivity index (χ0v) is 7.12. The fraction of sp³-hybridized carbons (Fsp3) is 0.400. The monoisotopic (exact) mass is 222 g/mol. The average molecular weight is 223 g/mol. The van der Waals surface area contributed by atoms with Crippen molar-refractivity contribution in [1.29, 1.82) is 0 Å². The third kappa shape index (κ3) is 1.56. The predicted molar refractivity (Wildman–Crippen MR) is 40.0 cm³/mol. The lowest BCUT2D eigenvalue weighted by Crippen LogP contribution is -2.09. The molecule has 0 unspecified atom stereocenters. The number of aromatic nitrogens is 3. The number of rotatable bonds is 1. The molecule has 0 saturated carbocycles. The smallest absolute Gasteiger partial charge is 0.375 e. The van der Waals surface area contributed by atoms with Crippen LogP contribution in [0.15, 0.2) is 4.73 Å². The van der Waals surface area contributed by atoms with E-state index in [4.69, 9.17) is 4.11 Å². The van der Waals surface area contributed by atoms with Gasteiger partial charge in [0.05, 0.1) is 7.11 Å². The van der Waals surface area contributed by atoms with Gasteiger partial charge in [0.1, 0.15) is 0 Å². The largest absolute Gasteiger partial charge is 0.463 e. The lowest BCUT2D eigenvalue weighted by atomic mass is 10.6. The molecule has 0 saturated heterocycles. The number of aryl methyl sites for hydroxylation is 1. The quantitative estimate of drug-likeness (QED) is 0.645. The van der Waals surface area contributed by atoms with Crippen molar-refractivity contribution in [2.24, 2.45) is 6.98 Å². The van der Waals surface area contributed by atoms with Crippen molar-refractivity contribution in [2.45, 2.75) is 0 Å². The summed E-state index contributed by atoms with van der Waals surface area (Å²) in [6.45, 7) is -2.55. The lowest BCUT2D eigenvalue weighted by Gasteiger charge is -1.94. The molecule has 11 heavy (non-hydrogen) atoms. The molecule has 1 rings (SSSR count). The first kappa shape index (κ1) is 4.87. The van der Waals surface area contributed by atoms with E-state index in [1.165, 1.54) is 0 Å². The van der Waals surface area contributed by atoms with Crippen molar-refractivity contribution in [3.05, 3.63) is 10.6 Å². The topological polar surface area (TPSA) is 57.0 Å². The molecule has 0 atom stereocenters. The van der Waals surface area contributed by atoms with Gasteiger partial charge in [-0.3, -0.25) is 0 Å². The molecule has 0 radical (unpaired) electrons. The van der Waals surface area contributed by atoms with Crippen molar-refractivity contribution >= 4 is 21.9 Å². The molecule has 0 amide bonds. The summed E-state index contributed by atoms with van der Waals surface area (Å²) in [5.41, 5.74) is 0. The van der Waals surface area contributed by atoms with Crippen LogP contribution in [0.2, 0.25) is 0 Å². The fourth-order valence-electron chi connectivity index (χ4n) is 0.510. The zero-order valence-electron chi connectivity index (χ0n) is 8.54. The second-order valence-corrected chi connectivity index (χ2v) is 2.32. The molecular formula is C5H6BrN3O2. The Morgan fingerprint density at radius 1 is 1.91 bits per heavy atom. The number of esters is 1. The molecule has 0 aromatic carbocycles. The van der Waals surface area contributed by atoms with E-state index in [1.54, 1.807) is 0 Å².